The van der Waals surface area contributed by atoms with E-state index < -0.39 is 97.5 Å². The molecular formula is C82H160O17P2. The van der Waals surface area contributed by atoms with Crippen LogP contribution in [0.4, 0.5) is 0 Å². The predicted molar refractivity (Wildman–Crippen MR) is 414 cm³/mol. The molecule has 600 valence electrons. The van der Waals surface area contributed by atoms with E-state index in [1.807, 2.05) is 0 Å². The van der Waals surface area contributed by atoms with Gasteiger partial charge < -0.3 is 33.8 Å². The molecule has 0 aromatic carbocycles. The Bertz CT molecular complexity index is 1940. The summed E-state index contributed by atoms with van der Waals surface area (Å²) in [5.41, 5.74) is 0. The minimum absolute atomic E-state index is 0.107. The van der Waals surface area contributed by atoms with Crippen LogP contribution in [0.5, 0.6) is 0 Å². The Kier molecular flexibility index (Phi) is 72.2. The van der Waals surface area contributed by atoms with Crippen molar-refractivity contribution in [1.29, 1.82) is 0 Å². The summed E-state index contributed by atoms with van der Waals surface area (Å²) in [5.74, 6) is -0.483. The van der Waals surface area contributed by atoms with Crippen LogP contribution >= 0.6 is 15.6 Å². The maximum atomic E-state index is 13.1. The Morgan fingerprint density at radius 3 is 0.752 bits per heavy atom. The van der Waals surface area contributed by atoms with Crippen LogP contribution in [-0.4, -0.2) is 96.7 Å². The third kappa shape index (κ3) is 74.7. The van der Waals surface area contributed by atoms with E-state index in [1.165, 1.54) is 250 Å². The van der Waals surface area contributed by atoms with Crippen LogP contribution in [0.3, 0.4) is 0 Å². The van der Waals surface area contributed by atoms with Gasteiger partial charge >= 0.3 is 39.5 Å². The summed E-state index contributed by atoms with van der Waals surface area (Å²) in [6, 6.07) is 0. The Labute approximate surface area is 619 Å². The van der Waals surface area contributed by atoms with E-state index in [-0.39, 0.29) is 25.7 Å². The molecule has 0 spiro atoms. The molecule has 0 saturated heterocycles. The lowest BCUT2D eigenvalue weighted by atomic mass is 9.99. The van der Waals surface area contributed by atoms with Gasteiger partial charge in [-0.3, -0.25) is 37.3 Å². The second-order valence-electron chi connectivity index (χ2n) is 30.2. The summed E-state index contributed by atoms with van der Waals surface area (Å²) >= 11 is 0. The first kappa shape index (κ1) is 99.1. The quantitative estimate of drug-likeness (QED) is 0.0222. The monoisotopic (exact) mass is 1480 g/mol. The molecule has 0 fully saturated rings. The van der Waals surface area contributed by atoms with Crippen molar-refractivity contribution >= 4 is 39.5 Å². The number of unbranched alkanes of at least 4 members (excludes halogenated alkanes) is 50. The summed E-state index contributed by atoms with van der Waals surface area (Å²) < 4.78 is 68.7. The van der Waals surface area contributed by atoms with Gasteiger partial charge in [0.1, 0.15) is 19.3 Å². The largest absolute Gasteiger partial charge is 0.472 e. The molecule has 3 N–H and O–H groups in total. The Balaban J connectivity index is 5.22. The third-order valence-electron chi connectivity index (χ3n) is 19.6. The van der Waals surface area contributed by atoms with Crippen LogP contribution < -0.4 is 0 Å². The zero-order valence-electron chi connectivity index (χ0n) is 66.2. The molecule has 17 nitrogen and oxygen atoms in total. The molecule has 0 aliphatic carbocycles. The van der Waals surface area contributed by atoms with Crippen LogP contribution in [-0.2, 0) is 65.4 Å². The lowest BCUT2D eigenvalue weighted by molar-refractivity contribution is -0.161. The van der Waals surface area contributed by atoms with Crippen LogP contribution in [0.1, 0.15) is 433 Å². The first-order chi connectivity index (χ1) is 48.9. The van der Waals surface area contributed by atoms with Gasteiger partial charge in [-0.2, -0.15) is 0 Å². The van der Waals surface area contributed by atoms with Crippen LogP contribution in [0.2, 0.25) is 0 Å². The lowest BCUT2D eigenvalue weighted by Crippen LogP contribution is -2.30. The number of carbonyl (C=O) groups is 4. The van der Waals surface area contributed by atoms with Crippen molar-refractivity contribution in [2.45, 2.75) is 452 Å². The van der Waals surface area contributed by atoms with Crippen molar-refractivity contribution < 1.29 is 80.2 Å². The average Bonchev–Trinajstić information content (AvgIpc) is 0.953. The summed E-state index contributed by atoms with van der Waals surface area (Å²) in [6.45, 7) is 9.70. The molecule has 0 aromatic rings. The van der Waals surface area contributed by atoms with Crippen molar-refractivity contribution in [2.24, 2.45) is 11.8 Å². The first-order valence-corrected chi connectivity index (χ1v) is 45.5. The number of hydrogen-bond donors (Lipinski definition) is 3. The number of hydrogen-bond acceptors (Lipinski definition) is 15. The van der Waals surface area contributed by atoms with Gasteiger partial charge in [-0.05, 0) is 37.5 Å². The summed E-state index contributed by atoms with van der Waals surface area (Å²) in [4.78, 5) is 73.1. The van der Waals surface area contributed by atoms with Gasteiger partial charge in [0.25, 0.3) is 0 Å². The van der Waals surface area contributed by atoms with Gasteiger partial charge in [-0.1, -0.05) is 382 Å². The average molecular weight is 1480 g/mol. The van der Waals surface area contributed by atoms with Crippen molar-refractivity contribution in [3.63, 3.8) is 0 Å². The fourth-order valence-corrected chi connectivity index (χ4v) is 14.3. The number of rotatable bonds is 81. The molecule has 0 aliphatic heterocycles. The maximum absolute atomic E-state index is 13.1. The Morgan fingerprint density at radius 1 is 0.287 bits per heavy atom. The van der Waals surface area contributed by atoms with Gasteiger partial charge in [-0.15, -0.1) is 0 Å². The molecule has 0 radical (unpaired) electrons. The molecule has 0 saturated carbocycles. The lowest BCUT2D eigenvalue weighted by Gasteiger charge is -2.21. The van der Waals surface area contributed by atoms with Gasteiger partial charge in [0, 0.05) is 25.7 Å². The Hall–Kier alpha value is -1.94. The van der Waals surface area contributed by atoms with Gasteiger partial charge in [0.2, 0.25) is 0 Å². The first-order valence-electron chi connectivity index (χ1n) is 42.5. The Morgan fingerprint density at radius 2 is 0.505 bits per heavy atom. The predicted octanol–water partition coefficient (Wildman–Crippen LogP) is 24.7. The second-order valence-corrected chi connectivity index (χ2v) is 33.1. The van der Waals surface area contributed by atoms with Gasteiger partial charge in [-0.25, -0.2) is 9.13 Å². The number of aliphatic hydroxyl groups excluding tert-OH is 1. The number of phosphoric ester groups is 2. The van der Waals surface area contributed by atoms with E-state index in [4.69, 9.17) is 37.0 Å². The summed E-state index contributed by atoms with van der Waals surface area (Å²) in [5, 5.41) is 10.6. The van der Waals surface area contributed by atoms with Crippen LogP contribution in [0, 0.1) is 11.8 Å². The zero-order valence-corrected chi connectivity index (χ0v) is 68.0. The van der Waals surface area contributed by atoms with Crippen molar-refractivity contribution in [3.05, 3.63) is 0 Å². The normalized spacial score (nSPS) is 14.2. The SMILES string of the molecule is CCCCCCCCCCCCCCCCC(=O)OC[C@H](COP(=O)(O)OC[C@@H](O)COP(=O)(O)OC[C@@H](COC(=O)CCCCCCCCCCCCCC)OC(=O)CCCCCCCCCCCCC(C)C)OC(=O)CCCCCCCCCCCCCCCCCCCCC(C)CC. The van der Waals surface area contributed by atoms with Crippen molar-refractivity contribution in [1.82, 2.24) is 0 Å². The second kappa shape index (κ2) is 73.6. The van der Waals surface area contributed by atoms with Crippen molar-refractivity contribution in [3.8, 4) is 0 Å². The molecule has 0 amide bonds. The molecule has 0 bridgehead atoms. The van der Waals surface area contributed by atoms with Crippen LogP contribution in [0.15, 0.2) is 0 Å². The number of aliphatic hydroxyl groups is 1. The number of phosphoric acid groups is 2. The summed E-state index contributed by atoms with van der Waals surface area (Å²) in [7, 11) is -9.92. The number of carbonyl (C=O) groups excluding carboxylic acids is 4. The number of esters is 4. The molecule has 3 unspecified atom stereocenters. The minimum atomic E-state index is -4.96. The van der Waals surface area contributed by atoms with Gasteiger partial charge in [0.15, 0.2) is 12.2 Å². The fraction of sp³-hybridized carbons (Fsp3) is 0.951. The van der Waals surface area contributed by atoms with Gasteiger partial charge in [0.05, 0.1) is 26.4 Å². The van der Waals surface area contributed by atoms with E-state index in [2.05, 4.69) is 41.5 Å². The van der Waals surface area contributed by atoms with Crippen LogP contribution in [0.25, 0.3) is 0 Å². The topological polar surface area (TPSA) is 237 Å². The van der Waals surface area contributed by atoms with E-state index in [9.17, 15) is 43.2 Å². The number of ether oxygens (including phenoxy) is 4. The molecule has 101 heavy (non-hydrogen) atoms. The maximum Gasteiger partial charge on any atom is 0.472 e. The standard InChI is InChI=1S/C82H160O17P2/c1-7-10-12-14-16-18-20-22-30-34-41-47-53-59-65-80(85)93-70-77(98-81(86)66-60-54-48-42-35-31-28-26-24-23-25-27-29-32-39-45-51-57-63-75(6)9-3)72-96-100(88,89)94-68-76(83)69-95-101(90,91)97-73-78(71-92-79(84)64-58-52-46-40-33-21-19-17-15-13-11-8-2)99-82(87)67-61-55-49-43-37-36-38-44-50-56-62-74(4)5/h74-78,83H,7-73H2,1-6H3,(H,88,89)(H,90,91)/t75?,76-,77-,78-/m1/s1. The highest BCUT2D eigenvalue weighted by Gasteiger charge is 2.30. The smallest absolute Gasteiger partial charge is 0.462 e. The van der Waals surface area contributed by atoms with E-state index >= 15 is 0 Å². The molecular weight excluding hydrogens is 1320 g/mol. The molecule has 19 heteroatoms. The molecule has 6 atom stereocenters. The molecule has 0 rings (SSSR count). The van der Waals surface area contributed by atoms with E-state index in [0.717, 1.165) is 102 Å². The zero-order chi connectivity index (χ0) is 74.2. The molecule has 0 heterocycles. The highest BCUT2D eigenvalue weighted by atomic mass is 31.2. The fourth-order valence-electron chi connectivity index (χ4n) is 12.7. The summed E-state index contributed by atoms with van der Waals surface area (Å²) in [6.07, 6.45) is 63.7. The minimum Gasteiger partial charge on any atom is -0.462 e. The highest BCUT2D eigenvalue weighted by molar-refractivity contribution is 7.47. The highest BCUT2D eigenvalue weighted by Crippen LogP contribution is 2.45. The van der Waals surface area contributed by atoms with E-state index in [1.54, 1.807) is 0 Å². The van der Waals surface area contributed by atoms with Crippen molar-refractivity contribution in [2.75, 3.05) is 39.6 Å². The molecule has 0 aliphatic rings. The molecule has 0 aromatic heterocycles. The van der Waals surface area contributed by atoms with E-state index in [0.29, 0.717) is 25.7 Å². The third-order valence-corrected chi connectivity index (χ3v) is 21.5.